The second kappa shape index (κ2) is 6.50. The van der Waals surface area contributed by atoms with Crippen molar-refractivity contribution in [3.8, 4) is 5.75 Å². The molecular weight excluding hydrogens is 329 g/mol. The van der Waals surface area contributed by atoms with Crippen molar-refractivity contribution >= 4 is 27.3 Å². The summed E-state index contributed by atoms with van der Waals surface area (Å²) >= 11 is 4.96. The monoisotopic (exact) mass is 343 g/mol. The fourth-order valence-corrected chi connectivity index (χ4v) is 3.01. The Morgan fingerprint density at radius 1 is 1.42 bits per heavy atom. The maximum absolute atomic E-state index is 13.9. The number of rotatable bonds is 5. The smallest absolute Gasteiger partial charge is 0.165 e. The summed E-state index contributed by atoms with van der Waals surface area (Å²) in [4.78, 5) is 1.05. The molecule has 19 heavy (non-hydrogen) atoms. The van der Waals surface area contributed by atoms with Crippen LogP contribution < -0.4 is 10.1 Å². The third kappa shape index (κ3) is 3.78. The van der Waals surface area contributed by atoms with E-state index in [1.807, 2.05) is 31.5 Å². The molecule has 0 bridgehead atoms. The second-order valence-corrected chi connectivity index (χ2v) is 6.13. The van der Waals surface area contributed by atoms with Crippen LogP contribution in [0.3, 0.4) is 0 Å². The Morgan fingerprint density at radius 3 is 2.79 bits per heavy atom. The van der Waals surface area contributed by atoms with E-state index in [0.717, 1.165) is 14.9 Å². The zero-order valence-corrected chi connectivity index (χ0v) is 13.1. The van der Waals surface area contributed by atoms with Crippen LogP contribution in [-0.2, 0) is 6.61 Å². The Bertz CT molecular complexity index is 558. The quantitative estimate of drug-likeness (QED) is 0.862. The highest BCUT2D eigenvalue weighted by atomic mass is 79.9. The lowest BCUT2D eigenvalue weighted by molar-refractivity contribution is 0.293. The summed E-state index contributed by atoms with van der Waals surface area (Å²) in [6.07, 6.45) is 0. The molecule has 102 valence electrons. The van der Waals surface area contributed by atoms with Crippen LogP contribution in [-0.4, -0.2) is 7.05 Å². The van der Waals surface area contributed by atoms with Gasteiger partial charge in [0, 0.05) is 20.8 Å². The number of hydrogen-bond acceptors (Lipinski definition) is 3. The van der Waals surface area contributed by atoms with Gasteiger partial charge in [0.2, 0.25) is 0 Å². The Labute approximate surface area is 124 Å². The first-order chi connectivity index (χ1) is 9.10. The van der Waals surface area contributed by atoms with Crippen molar-refractivity contribution < 1.29 is 9.13 Å². The number of ether oxygens (including phenoxy) is 1. The van der Waals surface area contributed by atoms with E-state index in [1.54, 1.807) is 17.4 Å². The summed E-state index contributed by atoms with van der Waals surface area (Å²) in [7, 11) is 1.85. The molecule has 1 aromatic carbocycles. The summed E-state index contributed by atoms with van der Waals surface area (Å²) in [5.41, 5.74) is 0.909. The number of thiophene rings is 1. The van der Waals surface area contributed by atoms with E-state index < -0.39 is 0 Å². The Balaban J connectivity index is 2.05. The molecular formula is C14H15BrFNOS. The van der Waals surface area contributed by atoms with E-state index in [2.05, 4.69) is 21.2 Å². The minimum atomic E-state index is -0.324. The van der Waals surface area contributed by atoms with E-state index >= 15 is 0 Å². The third-order valence-electron chi connectivity index (χ3n) is 2.88. The average molecular weight is 344 g/mol. The van der Waals surface area contributed by atoms with Crippen molar-refractivity contribution in [3.63, 3.8) is 0 Å². The Hall–Kier alpha value is -0.910. The fourth-order valence-electron chi connectivity index (χ4n) is 1.65. The number of benzene rings is 1. The van der Waals surface area contributed by atoms with E-state index in [1.165, 1.54) is 6.07 Å². The largest absolute Gasteiger partial charge is 0.485 e. The minimum Gasteiger partial charge on any atom is -0.485 e. The van der Waals surface area contributed by atoms with Gasteiger partial charge in [-0.15, -0.1) is 11.3 Å². The molecule has 1 atom stereocenters. The average Bonchev–Trinajstić information content (AvgIpc) is 2.82. The molecule has 1 unspecified atom stereocenters. The summed E-state index contributed by atoms with van der Waals surface area (Å²) < 4.78 is 20.4. The Kier molecular flexibility index (Phi) is 4.96. The van der Waals surface area contributed by atoms with Gasteiger partial charge in [-0.3, -0.25) is 0 Å². The van der Waals surface area contributed by atoms with Crippen LogP contribution in [0, 0.1) is 5.82 Å². The van der Waals surface area contributed by atoms with Crippen LogP contribution >= 0.6 is 27.3 Å². The Morgan fingerprint density at radius 2 is 2.21 bits per heavy atom. The molecule has 2 aromatic rings. The van der Waals surface area contributed by atoms with Crippen molar-refractivity contribution in [2.24, 2.45) is 0 Å². The minimum absolute atomic E-state index is 0.122. The predicted octanol–water partition coefficient (Wildman–Crippen LogP) is 4.51. The molecule has 2 rings (SSSR count). The lowest BCUT2D eigenvalue weighted by Crippen LogP contribution is -2.12. The molecule has 2 nitrogen and oxygen atoms in total. The molecule has 0 aliphatic rings. The van der Waals surface area contributed by atoms with E-state index in [-0.39, 0.29) is 17.6 Å². The topological polar surface area (TPSA) is 21.3 Å². The SMILES string of the molecule is CNC(C)c1ccc(OCc2cc(Br)cs2)c(F)c1. The van der Waals surface area contributed by atoms with Crippen LogP contribution in [0.1, 0.15) is 23.4 Å². The third-order valence-corrected chi connectivity index (χ3v) is 4.55. The van der Waals surface area contributed by atoms with Crippen LogP contribution in [0.4, 0.5) is 4.39 Å². The van der Waals surface area contributed by atoms with Crippen molar-refractivity contribution in [3.05, 3.63) is 50.4 Å². The zero-order chi connectivity index (χ0) is 13.8. The standard InChI is InChI=1S/C14H15BrFNOS/c1-9(17-2)10-3-4-14(13(16)5-10)18-7-12-6-11(15)8-19-12/h3-6,8-9,17H,7H2,1-2H3. The molecule has 1 aromatic heterocycles. The molecule has 1 heterocycles. The summed E-state index contributed by atoms with van der Waals surface area (Å²) in [5.74, 6) is -0.0354. The predicted molar refractivity (Wildman–Crippen MR) is 80.2 cm³/mol. The number of halogens is 2. The van der Waals surface area contributed by atoms with Gasteiger partial charge in [0.25, 0.3) is 0 Å². The molecule has 0 amide bonds. The van der Waals surface area contributed by atoms with Gasteiger partial charge in [-0.1, -0.05) is 6.07 Å². The normalized spacial score (nSPS) is 12.4. The summed E-state index contributed by atoms with van der Waals surface area (Å²) in [5, 5.41) is 5.06. The highest BCUT2D eigenvalue weighted by molar-refractivity contribution is 9.10. The van der Waals surface area contributed by atoms with Gasteiger partial charge in [-0.25, -0.2) is 4.39 Å². The van der Waals surface area contributed by atoms with Crippen LogP contribution in [0.5, 0.6) is 5.75 Å². The van der Waals surface area contributed by atoms with E-state index in [0.29, 0.717) is 6.61 Å². The molecule has 0 saturated carbocycles. The zero-order valence-electron chi connectivity index (χ0n) is 10.7. The molecule has 0 spiro atoms. The van der Waals surface area contributed by atoms with Gasteiger partial charge >= 0.3 is 0 Å². The maximum Gasteiger partial charge on any atom is 0.165 e. The first kappa shape index (κ1) is 14.5. The molecule has 0 fully saturated rings. The van der Waals surface area contributed by atoms with E-state index in [4.69, 9.17) is 4.74 Å². The lowest BCUT2D eigenvalue weighted by atomic mass is 10.1. The second-order valence-electron chi connectivity index (χ2n) is 4.22. The molecule has 0 aliphatic heterocycles. The first-order valence-corrected chi connectivity index (χ1v) is 7.60. The van der Waals surface area contributed by atoms with E-state index in [9.17, 15) is 4.39 Å². The highest BCUT2D eigenvalue weighted by Crippen LogP contribution is 2.25. The van der Waals surface area contributed by atoms with Gasteiger partial charge in [0.05, 0.1) is 0 Å². The van der Waals surface area contributed by atoms with Crippen molar-refractivity contribution in [2.75, 3.05) is 7.05 Å². The van der Waals surface area contributed by atoms with Gasteiger partial charge in [-0.05, 0) is 53.7 Å². The number of nitrogens with one attached hydrogen (secondary N) is 1. The van der Waals surface area contributed by atoms with Crippen LogP contribution in [0.25, 0.3) is 0 Å². The van der Waals surface area contributed by atoms with Gasteiger partial charge in [-0.2, -0.15) is 0 Å². The molecule has 0 radical (unpaired) electrons. The maximum atomic E-state index is 13.9. The lowest BCUT2D eigenvalue weighted by Gasteiger charge is -2.12. The molecule has 0 saturated heterocycles. The van der Waals surface area contributed by atoms with Gasteiger partial charge < -0.3 is 10.1 Å². The van der Waals surface area contributed by atoms with Gasteiger partial charge in [0.15, 0.2) is 11.6 Å². The summed E-state index contributed by atoms with van der Waals surface area (Å²) in [6.45, 7) is 2.37. The molecule has 1 N–H and O–H groups in total. The van der Waals surface area contributed by atoms with Crippen molar-refractivity contribution in [1.82, 2.24) is 5.32 Å². The molecule has 0 aliphatic carbocycles. The highest BCUT2D eigenvalue weighted by Gasteiger charge is 2.09. The summed E-state index contributed by atoms with van der Waals surface area (Å²) in [6, 6.07) is 7.17. The molecule has 5 heteroatoms. The van der Waals surface area contributed by atoms with Crippen LogP contribution in [0.2, 0.25) is 0 Å². The van der Waals surface area contributed by atoms with Crippen molar-refractivity contribution in [1.29, 1.82) is 0 Å². The first-order valence-electron chi connectivity index (χ1n) is 5.92. The van der Waals surface area contributed by atoms with Gasteiger partial charge in [0.1, 0.15) is 6.61 Å². The van der Waals surface area contributed by atoms with Crippen molar-refractivity contribution in [2.45, 2.75) is 19.6 Å². The fraction of sp³-hybridized carbons (Fsp3) is 0.286. The van der Waals surface area contributed by atoms with Crippen LogP contribution in [0.15, 0.2) is 34.1 Å². The number of hydrogen-bond donors (Lipinski definition) is 1.